The van der Waals surface area contributed by atoms with Crippen molar-refractivity contribution < 1.29 is 28.2 Å². The van der Waals surface area contributed by atoms with Gasteiger partial charge in [0.1, 0.15) is 11.5 Å². The van der Waals surface area contributed by atoms with E-state index >= 15 is 0 Å². The number of hydrogen-bond donors (Lipinski definition) is 2. The van der Waals surface area contributed by atoms with Crippen molar-refractivity contribution in [1.29, 1.82) is 0 Å². The van der Waals surface area contributed by atoms with E-state index < -0.39 is 17.8 Å². The van der Waals surface area contributed by atoms with Gasteiger partial charge in [0.15, 0.2) is 0 Å². The Bertz CT molecular complexity index is 628. The van der Waals surface area contributed by atoms with Gasteiger partial charge < -0.3 is 20.1 Å². The molecule has 0 unspecified atom stereocenters. The molecule has 0 saturated heterocycles. The molecule has 22 heavy (non-hydrogen) atoms. The number of rotatable bonds is 5. The molecule has 1 amide bonds. The smallest absolute Gasteiger partial charge is 0.354 e. The number of amides is 1. The van der Waals surface area contributed by atoms with Gasteiger partial charge in [-0.1, -0.05) is 0 Å². The van der Waals surface area contributed by atoms with Crippen LogP contribution in [0.5, 0.6) is 0 Å². The summed E-state index contributed by atoms with van der Waals surface area (Å²) in [6.45, 7) is 1.30. The van der Waals surface area contributed by atoms with Crippen LogP contribution in [0.25, 0.3) is 0 Å². The number of carbonyl (C=O) groups is 3. The molecule has 7 nitrogen and oxygen atoms in total. The van der Waals surface area contributed by atoms with Crippen LogP contribution >= 0.6 is 0 Å². The first kappa shape index (κ1) is 17.2. The number of carbonyl (C=O) groups excluding carboxylic acids is 3. The number of methoxy groups -OCH3 is 2. The molecule has 0 saturated carbocycles. The second-order valence-corrected chi connectivity index (χ2v) is 4.07. The summed E-state index contributed by atoms with van der Waals surface area (Å²) in [5.41, 5.74) is -0.112. The summed E-state index contributed by atoms with van der Waals surface area (Å²) in [4.78, 5) is 33.8. The molecule has 1 aromatic rings. The van der Waals surface area contributed by atoms with Crippen LogP contribution in [0.4, 0.5) is 15.8 Å². The third-order valence-corrected chi connectivity index (χ3v) is 2.42. The third-order valence-electron chi connectivity index (χ3n) is 2.42. The van der Waals surface area contributed by atoms with Gasteiger partial charge in [0.05, 0.1) is 26.0 Å². The van der Waals surface area contributed by atoms with Gasteiger partial charge in [-0.05, 0) is 18.2 Å². The predicted octanol–water partition coefficient (Wildman–Crippen LogP) is 1.43. The summed E-state index contributed by atoms with van der Waals surface area (Å²) in [6, 6.07) is 3.72. The van der Waals surface area contributed by atoms with Crippen molar-refractivity contribution in [2.45, 2.75) is 6.92 Å². The second-order valence-electron chi connectivity index (χ2n) is 4.07. The molecular formula is C14H15FN2O5. The molecule has 8 heteroatoms. The van der Waals surface area contributed by atoms with Gasteiger partial charge in [0, 0.05) is 12.6 Å². The quantitative estimate of drug-likeness (QED) is 0.631. The normalized spacial score (nSPS) is 10.6. The van der Waals surface area contributed by atoms with Gasteiger partial charge in [-0.15, -0.1) is 0 Å². The summed E-state index contributed by atoms with van der Waals surface area (Å²) in [5.74, 6) is -2.72. The fourth-order valence-electron chi connectivity index (χ4n) is 1.48. The van der Waals surface area contributed by atoms with E-state index in [-0.39, 0.29) is 17.3 Å². The van der Waals surface area contributed by atoms with Crippen molar-refractivity contribution in [3.8, 4) is 0 Å². The summed E-state index contributed by atoms with van der Waals surface area (Å²) >= 11 is 0. The minimum absolute atomic E-state index is 0.119. The molecule has 0 bridgehead atoms. The largest absolute Gasteiger partial charge is 0.466 e. The summed E-state index contributed by atoms with van der Waals surface area (Å²) in [7, 11) is 2.24. The highest BCUT2D eigenvalue weighted by atomic mass is 19.1. The van der Waals surface area contributed by atoms with Crippen LogP contribution in [0.2, 0.25) is 0 Å². The van der Waals surface area contributed by atoms with E-state index in [2.05, 4.69) is 20.1 Å². The van der Waals surface area contributed by atoms with Crippen molar-refractivity contribution in [2.75, 3.05) is 24.9 Å². The van der Waals surface area contributed by atoms with E-state index in [1.807, 2.05) is 0 Å². The molecule has 0 radical (unpaired) electrons. The highest BCUT2D eigenvalue weighted by molar-refractivity contribution is 5.99. The molecule has 0 aliphatic heterocycles. The Hall–Kier alpha value is -2.90. The number of hydrogen-bond acceptors (Lipinski definition) is 6. The first-order chi connectivity index (χ1) is 10.4. The Morgan fingerprint density at radius 2 is 1.82 bits per heavy atom. The monoisotopic (exact) mass is 310 g/mol. The van der Waals surface area contributed by atoms with Crippen molar-refractivity contribution in [1.82, 2.24) is 0 Å². The van der Waals surface area contributed by atoms with E-state index in [1.165, 1.54) is 19.1 Å². The van der Waals surface area contributed by atoms with Gasteiger partial charge in [-0.2, -0.15) is 0 Å². The average molecular weight is 310 g/mol. The first-order valence-electron chi connectivity index (χ1n) is 6.09. The standard InChI is InChI=1S/C14H15FN2O5/c1-8(18)16-9-4-5-10(15)11(6-9)17-12(14(20)22-3)7-13(19)21-2/h4-7,17H,1-3H3,(H,16,18)/b12-7+. The SMILES string of the molecule is COC(=O)/C=C(/Nc1cc(NC(C)=O)ccc1F)C(=O)OC. The molecule has 2 N–H and O–H groups in total. The van der Waals surface area contributed by atoms with Gasteiger partial charge in [0.2, 0.25) is 5.91 Å². The number of halogens is 1. The molecule has 0 atom stereocenters. The van der Waals surface area contributed by atoms with Crippen molar-refractivity contribution in [3.63, 3.8) is 0 Å². The Balaban J connectivity index is 3.12. The highest BCUT2D eigenvalue weighted by Gasteiger charge is 2.15. The number of esters is 2. The van der Waals surface area contributed by atoms with Gasteiger partial charge in [0.25, 0.3) is 0 Å². The number of ether oxygens (including phenoxy) is 2. The van der Waals surface area contributed by atoms with E-state index in [0.717, 1.165) is 26.4 Å². The van der Waals surface area contributed by atoms with E-state index in [9.17, 15) is 18.8 Å². The first-order valence-corrected chi connectivity index (χ1v) is 6.09. The molecule has 1 rings (SSSR count). The molecular weight excluding hydrogens is 295 g/mol. The molecule has 0 aliphatic rings. The summed E-state index contributed by atoms with van der Waals surface area (Å²) in [6.07, 6.45) is 0.830. The van der Waals surface area contributed by atoms with Crippen LogP contribution in [0.3, 0.4) is 0 Å². The Labute approximate surface area is 126 Å². The molecule has 0 aliphatic carbocycles. The molecule has 0 aromatic heterocycles. The van der Waals surface area contributed by atoms with Crippen LogP contribution in [-0.4, -0.2) is 32.1 Å². The minimum Gasteiger partial charge on any atom is -0.466 e. The molecule has 1 aromatic carbocycles. The zero-order valence-corrected chi connectivity index (χ0v) is 12.2. The van der Waals surface area contributed by atoms with Crippen LogP contribution in [0, 0.1) is 5.82 Å². The van der Waals surface area contributed by atoms with Crippen molar-refractivity contribution >= 4 is 29.2 Å². The lowest BCUT2D eigenvalue weighted by Crippen LogP contribution is -2.16. The summed E-state index contributed by atoms with van der Waals surface area (Å²) in [5, 5.41) is 4.90. The lowest BCUT2D eigenvalue weighted by Gasteiger charge is -2.11. The van der Waals surface area contributed by atoms with Gasteiger partial charge in [-0.25, -0.2) is 14.0 Å². The van der Waals surface area contributed by atoms with E-state index in [1.54, 1.807) is 0 Å². The fraction of sp³-hybridized carbons (Fsp3) is 0.214. The Morgan fingerprint density at radius 1 is 1.14 bits per heavy atom. The minimum atomic E-state index is -0.880. The van der Waals surface area contributed by atoms with E-state index in [4.69, 9.17) is 0 Å². The van der Waals surface area contributed by atoms with Crippen LogP contribution in [0.1, 0.15) is 6.92 Å². The fourth-order valence-corrected chi connectivity index (χ4v) is 1.48. The van der Waals surface area contributed by atoms with Gasteiger partial charge >= 0.3 is 11.9 Å². The number of benzene rings is 1. The Morgan fingerprint density at radius 3 is 2.36 bits per heavy atom. The second kappa shape index (κ2) is 7.77. The van der Waals surface area contributed by atoms with Crippen molar-refractivity contribution in [2.24, 2.45) is 0 Å². The third kappa shape index (κ3) is 4.89. The average Bonchev–Trinajstić information content (AvgIpc) is 2.48. The maximum Gasteiger partial charge on any atom is 0.354 e. The molecule has 0 spiro atoms. The number of anilines is 2. The van der Waals surface area contributed by atoms with Crippen LogP contribution in [-0.2, 0) is 23.9 Å². The zero-order valence-electron chi connectivity index (χ0n) is 12.2. The maximum atomic E-state index is 13.8. The van der Waals surface area contributed by atoms with Crippen LogP contribution < -0.4 is 10.6 Å². The lowest BCUT2D eigenvalue weighted by molar-refractivity contribution is -0.138. The maximum absolute atomic E-state index is 13.8. The molecule has 0 fully saturated rings. The molecule has 0 heterocycles. The van der Waals surface area contributed by atoms with Crippen LogP contribution in [0.15, 0.2) is 30.0 Å². The Kier molecular flexibility index (Phi) is 6.06. The van der Waals surface area contributed by atoms with E-state index in [0.29, 0.717) is 5.69 Å². The van der Waals surface area contributed by atoms with Crippen molar-refractivity contribution in [3.05, 3.63) is 35.8 Å². The summed E-state index contributed by atoms with van der Waals surface area (Å²) < 4.78 is 22.7. The van der Waals surface area contributed by atoms with Gasteiger partial charge in [-0.3, -0.25) is 4.79 Å². The number of nitrogens with one attached hydrogen (secondary N) is 2. The zero-order chi connectivity index (χ0) is 16.7. The lowest BCUT2D eigenvalue weighted by atomic mass is 10.2. The predicted molar refractivity (Wildman–Crippen MR) is 76.4 cm³/mol. The molecule has 118 valence electrons. The topological polar surface area (TPSA) is 93.7 Å². The highest BCUT2D eigenvalue weighted by Crippen LogP contribution is 2.21.